The van der Waals surface area contributed by atoms with Crippen LogP contribution < -0.4 is 15.0 Å². The molecule has 0 fully saturated rings. The normalized spacial score (nSPS) is 13.1. The third-order valence-electron chi connectivity index (χ3n) is 7.16. The van der Waals surface area contributed by atoms with E-state index in [4.69, 9.17) is 9.72 Å². The third kappa shape index (κ3) is 4.12. The number of ether oxygens (including phenoxy) is 1. The van der Waals surface area contributed by atoms with Crippen molar-refractivity contribution in [1.82, 2.24) is 9.55 Å². The van der Waals surface area contributed by atoms with Crippen molar-refractivity contribution in [2.24, 2.45) is 0 Å². The molecule has 5 nitrogen and oxygen atoms in total. The van der Waals surface area contributed by atoms with E-state index >= 15 is 0 Å². The fourth-order valence-electron chi connectivity index (χ4n) is 5.40. The number of aromatic nitrogens is 2. The Kier molecular flexibility index (Phi) is 6.11. The molecule has 0 saturated heterocycles. The van der Waals surface area contributed by atoms with Gasteiger partial charge in [-0.05, 0) is 34.9 Å². The topological polar surface area (TPSA) is 42.3 Å². The second-order valence-electron chi connectivity index (χ2n) is 9.28. The molecular weight excluding hydrogens is 456 g/mol. The van der Waals surface area contributed by atoms with E-state index in [1.54, 1.807) is 0 Å². The molecule has 0 spiro atoms. The van der Waals surface area contributed by atoms with Crippen LogP contribution in [0.5, 0.6) is 5.75 Å². The van der Waals surface area contributed by atoms with E-state index in [1.165, 1.54) is 16.7 Å². The number of fused-ring (bicyclic) bond motifs is 1. The van der Waals surface area contributed by atoms with Gasteiger partial charge in [-0.2, -0.15) is 0 Å². The molecule has 0 aliphatic carbocycles. The van der Waals surface area contributed by atoms with Crippen LogP contribution in [-0.2, 0) is 12.1 Å². The van der Waals surface area contributed by atoms with Gasteiger partial charge >= 0.3 is 0 Å². The van der Waals surface area contributed by atoms with Crippen LogP contribution >= 0.6 is 0 Å². The molecule has 5 heteroatoms. The lowest BCUT2D eigenvalue weighted by Gasteiger charge is -2.37. The fourth-order valence-corrected chi connectivity index (χ4v) is 5.40. The van der Waals surface area contributed by atoms with Gasteiger partial charge in [0.1, 0.15) is 17.9 Å². The van der Waals surface area contributed by atoms with E-state index in [-0.39, 0.29) is 0 Å². The number of imidazole rings is 1. The first-order valence-corrected chi connectivity index (χ1v) is 12.7. The largest absolute Gasteiger partial charge is 0.490 e. The van der Waals surface area contributed by atoms with E-state index in [2.05, 4.69) is 118 Å². The van der Waals surface area contributed by atoms with Gasteiger partial charge in [-0.3, -0.25) is 0 Å². The average molecular weight is 487 g/mol. The lowest BCUT2D eigenvalue weighted by atomic mass is 9.77. The molecule has 0 radical (unpaired) electrons. The summed E-state index contributed by atoms with van der Waals surface area (Å²) >= 11 is 0. The van der Waals surface area contributed by atoms with E-state index in [0.29, 0.717) is 13.2 Å². The van der Waals surface area contributed by atoms with Gasteiger partial charge in [0.2, 0.25) is 0 Å². The maximum atomic E-state index is 5.93. The second kappa shape index (κ2) is 9.86. The molecule has 5 aromatic rings. The lowest BCUT2D eigenvalue weighted by molar-refractivity contribution is 0.307. The van der Waals surface area contributed by atoms with Crippen LogP contribution in [0.4, 0.5) is 11.4 Å². The van der Waals surface area contributed by atoms with Gasteiger partial charge in [0.25, 0.3) is 0 Å². The van der Waals surface area contributed by atoms with Gasteiger partial charge in [0.15, 0.2) is 0 Å². The highest BCUT2D eigenvalue weighted by Gasteiger charge is 2.38. The summed E-state index contributed by atoms with van der Waals surface area (Å²) < 4.78 is 8.20. The van der Waals surface area contributed by atoms with Crippen molar-refractivity contribution in [3.63, 3.8) is 0 Å². The summed E-state index contributed by atoms with van der Waals surface area (Å²) in [6.07, 6.45) is 4.18. The number of hydrogen-bond acceptors (Lipinski definition) is 4. The summed E-state index contributed by atoms with van der Waals surface area (Å²) in [5, 5.41) is 3.24. The number of nitrogens with zero attached hydrogens (tertiary/aromatic N) is 3. The number of benzene rings is 4. The van der Waals surface area contributed by atoms with Crippen molar-refractivity contribution in [2.75, 3.05) is 30.4 Å². The summed E-state index contributed by atoms with van der Waals surface area (Å²) in [6.45, 7) is 2.17. The number of rotatable bonds is 7. The van der Waals surface area contributed by atoms with Crippen molar-refractivity contribution in [3.8, 4) is 5.75 Å². The van der Waals surface area contributed by atoms with Gasteiger partial charge in [0, 0.05) is 18.9 Å². The Labute approximate surface area is 218 Å². The lowest BCUT2D eigenvalue weighted by Crippen LogP contribution is -2.37. The second-order valence-corrected chi connectivity index (χ2v) is 9.28. The van der Waals surface area contributed by atoms with Crippen LogP contribution in [0.2, 0.25) is 0 Å². The smallest absolute Gasteiger partial charge is 0.142 e. The highest BCUT2D eigenvalue weighted by Crippen LogP contribution is 2.41. The molecule has 6 rings (SSSR count). The number of nitrogens with one attached hydrogen (secondary N) is 1. The molecule has 0 amide bonds. The van der Waals surface area contributed by atoms with Crippen molar-refractivity contribution >= 4 is 11.4 Å². The molecule has 37 heavy (non-hydrogen) atoms. The zero-order chi connectivity index (χ0) is 25.1. The summed E-state index contributed by atoms with van der Waals surface area (Å²) in [6, 6.07) is 38.3. The first kappa shape index (κ1) is 22.9. The monoisotopic (exact) mass is 486 g/mol. The molecule has 2 heterocycles. The predicted octanol–water partition coefficient (Wildman–Crippen LogP) is 6.16. The molecule has 184 valence electrons. The van der Waals surface area contributed by atoms with Crippen LogP contribution in [0, 0.1) is 0 Å². The van der Waals surface area contributed by atoms with Gasteiger partial charge in [-0.1, -0.05) is 91.0 Å². The Hall–Kier alpha value is -4.51. The Morgan fingerprint density at radius 1 is 0.811 bits per heavy atom. The average Bonchev–Trinajstić information content (AvgIpc) is 3.44. The first-order valence-electron chi connectivity index (χ1n) is 12.7. The Bertz CT molecular complexity index is 1370. The summed E-state index contributed by atoms with van der Waals surface area (Å²) in [5.74, 6) is 0.914. The summed E-state index contributed by atoms with van der Waals surface area (Å²) in [7, 11) is 1.94. The highest BCUT2D eigenvalue weighted by atomic mass is 16.5. The van der Waals surface area contributed by atoms with Crippen LogP contribution in [-0.4, -0.2) is 29.8 Å². The fraction of sp³-hybridized carbons (Fsp3) is 0.156. The van der Waals surface area contributed by atoms with Crippen LogP contribution in [0.3, 0.4) is 0 Å². The molecule has 0 saturated carbocycles. The molecule has 0 bridgehead atoms. The third-order valence-corrected chi connectivity index (χ3v) is 7.16. The Morgan fingerprint density at radius 3 is 1.97 bits per heavy atom. The predicted molar refractivity (Wildman–Crippen MR) is 149 cm³/mol. The Morgan fingerprint density at radius 2 is 1.41 bits per heavy atom. The van der Waals surface area contributed by atoms with E-state index in [0.717, 1.165) is 29.4 Å². The molecule has 1 N–H and O–H groups in total. The number of anilines is 2. The SMILES string of the molecule is CNc1ccc2c(c1)N(Cc1cn(C(c3ccccc3)(c3ccccc3)c3ccccc3)cn1)CCO2. The van der Waals surface area contributed by atoms with Gasteiger partial charge in [-0.15, -0.1) is 0 Å². The minimum Gasteiger partial charge on any atom is -0.490 e. The quantitative estimate of drug-likeness (QED) is 0.280. The van der Waals surface area contributed by atoms with Crippen LogP contribution in [0.1, 0.15) is 22.4 Å². The molecule has 0 atom stereocenters. The van der Waals surface area contributed by atoms with Crippen LogP contribution in [0.25, 0.3) is 0 Å². The highest BCUT2D eigenvalue weighted by molar-refractivity contribution is 5.67. The van der Waals surface area contributed by atoms with E-state index in [1.807, 2.05) is 25.5 Å². The Balaban J connectivity index is 1.47. The summed E-state index contributed by atoms with van der Waals surface area (Å²) in [5.41, 5.74) is 6.17. The van der Waals surface area contributed by atoms with Crippen LogP contribution in [0.15, 0.2) is 122 Å². The minimum absolute atomic E-state index is 0.558. The zero-order valence-corrected chi connectivity index (χ0v) is 20.9. The first-order chi connectivity index (χ1) is 18.3. The van der Waals surface area contributed by atoms with Gasteiger partial charge in [-0.25, -0.2) is 4.98 Å². The zero-order valence-electron chi connectivity index (χ0n) is 20.9. The molecule has 1 aliphatic heterocycles. The molecule has 4 aromatic carbocycles. The standard InChI is InChI=1S/C32H30N4O/c1-33-28-17-18-31-30(21-28)35(19-20-37-31)22-29-23-36(24-34-29)32(25-11-5-2-6-12-25,26-13-7-3-8-14-26)27-15-9-4-10-16-27/h2-18,21,23-24,33H,19-20,22H2,1H3. The molecule has 1 aromatic heterocycles. The van der Waals surface area contributed by atoms with E-state index < -0.39 is 5.54 Å². The van der Waals surface area contributed by atoms with E-state index in [9.17, 15) is 0 Å². The maximum Gasteiger partial charge on any atom is 0.142 e. The molecule has 1 aliphatic rings. The van der Waals surface area contributed by atoms with Crippen molar-refractivity contribution in [3.05, 3.63) is 144 Å². The van der Waals surface area contributed by atoms with Crippen molar-refractivity contribution in [1.29, 1.82) is 0 Å². The minimum atomic E-state index is -0.558. The van der Waals surface area contributed by atoms with Crippen molar-refractivity contribution in [2.45, 2.75) is 12.1 Å². The molecular formula is C32H30N4O. The maximum absolute atomic E-state index is 5.93. The van der Waals surface area contributed by atoms with Crippen molar-refractivity contribution < 1.29 is 4.74 Å². The van der Waals surface area contributed by atoms with Gasteiger partial charge in [0.05, 0.1) is 30.8 Å². The van der Waals surface area contributed by atoms with Gasteiger partial charge < -0.3 is 19.5 Å². The summed E-state index contributed by atoms with van der Waals surface area (Å²) in [4.78, 5) is 7.28. The number of hydrogen-bond donors (Lipinski definition) is 1. The molecule has 0 unspecified atom stereocenters.